The van der Waals surface area contributed by atoms with Gasteiger partial charge >= 0.3 is 0 Å². The van der Waals surface area contributed by atoms with Gasteiger partial charge in [0.15, 0.2) is 0 Å². The van der Waals surface area contributed by atoms with E-state index in [2.05, 4.69) is 107 Å². The number of nitrogens with one attached hydrogen (secondary N) is 1. The zero-order valence-corrected chi connectivity index (χ0v) is 28.7. The van der Waals surface area contributed by atoms with Crippen molar-refractivity contribution in [2.45, 2.75) is 44.8 Å². The summed E-state index contributed by atoms with van der Waals surface area (Å²) in [4.78, 5) is 23.6. The summed E-state index contributed by atoms with van der Waals surface area (Å²) in [5.74, 6) is 1.11. The molecule has 250 valence electrons. The average Bonchev–Trinajstić information content (AvgIpc) is 3.45. The quantitative estimate of drug-likeness (QED) is 0.148. The SMILES string of the molecule is Cn1c(CCc2ccc(CN)cc2)nc2cc(N(Cc3cccc4ccccc34)C(=O)CN3CCC(Nc4ccccc4Cl)CC3)ccc21. The first kappa shape index (κ1) is 32.8. The summed E-state index contributed by atoms with van der Waals surface area (Å²) in [7, 11) is 2.07. The van der Waals surface area contributed by atoms with Crippen molar-refractivity contribution in [3.8, 4) is 0 Å². The molecule has 0 saturated carbocycles. The monoisotopic (exact) mass is 670 g/mol. The molecule has 0 spiro atoms. The summed E-state index contributed by atoms with van der Waals surface area (Å²) in [5.41, 5.74) is 13.1. The van der Waals surface area contributed by atoms with E-state index in [0.29, 0.717) is 25.7 Å². The molecule has 0 bridgehead atoms. The van der Waals surface area contributed by atoms with Crippen LogP contribution in [0.4, 0.5) is 11.4 Å². The molecule has 2 heterocycles. The molecule has 1 amide bonds. The third-order valence-electron chi connectivity index (χ3n) is 9.85. The van der Waals surface area contributed by atoms with Crippen molar-refractivity contribution in [2.75, 3.05) is 29.9 Å². The van der Waals surface area contributed by atoms with Crippen LogP contribution in [0.3, 0.4) is 0 Å². The van der Waals surface area contributed by atoms with E-state index in [1.54, 1.807) is 0 Å². The number of carbonyl (C=O) groups is 1. The first-order valence-corrected chi connectivity index (χ1v) is 17.6. The highest BCUT2D eigenvalue weighted by atomic mass is 35.5. The largest absolute Gasteiger partial charge is 0.381 e. The van der Waals surface area contributed by atoms with Gasteiger partial charge in [-0.25, -0.2) is 4.98 Å². The van der Waals surface area contributed by atoms with Crippen molar-refractivity contribution in [3.63, 3.8) is 0 Å². The molecular formula is C41H43ClN6O. The molecule has 1 saturated heterocycles. The Bertz CT molecular complexity index is 2060. The number of hydrogen-bond acceptors (Lipinski definition) is 5. The van der Waals surface area contributed by atoms with Gasteiger partial charge in [-0.05, 0) is 77.1 Å². The molecule has 0 unspecified atom stereocenters. The summed E-state index contributed by atoms with van der Waals surface area (Å²) < 4.78 is 2.17. The molecule has 0 atom stereocenters. The van der Waals surface area contributed by atoms with Gasteiger partial charge < -0.3 is 20.5 Å². The molecule has 5 aromatic carbocycles. The van der Waals surface area contributed by atoms with E-state index in [1.807, 2.05) is 29.2 Å². The molecule has 1 aliphatic rings. The highest BCUT2D eigenvalue weighted by molar-refractivity contribution is 6.33. The molecule has 1 fully saturated rings. The van der Waals surface area contributed by atoms with Gasteiger partial charge in [-0.1, -0.05) is 90.5 Å². The van der Waals surface area contributed by atoms with Crippen LogP contribution in [-0.2, 0) is 37.8 Å². The molecule has 3 N–H and O–H groups in total. The Morgan fingerprint density at radius 3 is 2.43 bits per heavy atom. The number of nitrogens with two attached hydrogens (primary N) is 1. The Hall–Kier alpha value is -4.69. The Morgan fingerprint density at radius 2 is 1.63 bits per heavy atom. The van der Waals surface area contributed by atoms with Crippen molar-refractivity contribution in [2.24, 2.45) is 12.8 Å². The lowest BCUT2D eigenvalue weighted by molar-refractivity contribution is -0.120. The first-order valence-electron chi connectivity index (χ1n) is 17.2. The summed E-state index contributed by atoms with van der Waals surface area (Å²) in [5, 5.41) is 6.67. The number of hydrogen-bond donors (Lipinski definition) is 2. The van der Waals surface area contributed by atoms with Crippen molar-refractivity contribution in [3.05, 3.63) is 137 Å². The van der Waals surface area contributed by atoms with Crippen molar-refractivity contribution >= 4 is 50.7 Å². The predicted molar refractivity (Wildman–Crippen MR) is 202 cm³/mol. The molecule has 49 heavy (non-hydrogen) atoms. The van der Waals surface area contributed by atoms with Gasteiger partial charge in [-0.3, -0.25) is 9.69 Å². The zero-order valence-electron chi connectivity index (χ0n) is 28.0. The Balaban J connectivity index is 1.11. The van der Waals surface area contributed by atoms with E-state index in [9.17, 15) is 4.79 Å². The first-order chi connectivity index (χ1) is 23.9. The number of imidazole rings is 1. The molecule has 0 radical (unpaired) electrons. The number of piperidine rings is 1. The molecule has 7 nitrogen and oxygen atoms in total. The third kappa shape index (κ3) is 7.49. The number of nitrogens with zero attached hydrogens (tertiary/aromatic N) is 4. The summed E-state index contributed by atoms with van der Waals surface area (Å²) in [6.45, 7) is 3.07. The molecule has 0 aliphatic carbocycles. The van der Waals surface area contributed by atoms with Gasteiger partial charge in [0.1, 0.15) is 5.82 Å². The molecule has 7 rings (SSSR count). The highest BCUT2D eigenvalue weighted by Crippen LogP contribution is 2.28. The Morgan fingerprint density at radius 1 is 0.898 bits per heavy atom. The number of carbonyl (C=O) groups excluding carboxylic acids is 1. The number of likely N-dealkylation sites (tertiary alicyclic amines) is 1. The van der Waals surface area contributed by atoms with E-state index in [4.69, 9.17) is 22.3 Å². The number of amides is 1. The van der Waals surface area contributed by atoms with Gasteiger partial charge in [0, 0.05) is 44.8 Å². The maximum absolute atomic E-state index is 14.3. The van der Waals surface area contributed by atoms with Crippen LogP contribution in [-0.4, -0.2) is 46.0 Å². The van der Waals surface area contributed by atoms with Gasteiger partial charge in [0.05, 0.1) is 34.8 Å². The molecule has 1 aliphatic heterocycles. The van der Waals surface area contributed by atoms with Crippen LogP contribution in [0, 0.1) is 0 Å². The zero-order chi connectivity index (χ0) is 33.7. The van der Waals surface area contributed by atoms with Gasteiger partial charge in [0.25, 0.3) is 0 Å². The van der Waals surface area contributed by atoms with Gasteiger partial charge in [-0.15, -0.1) is 0 Å². The summed E-state index contributed by atoms with van der Waals surface area (Å²) in [6.07, 6.45) is 3.61. The minimum absolute atomic E-state index is 0.0851. The molecule has 6 aromatic rings. The number of anilines is 2. The minimum atomic E-state index is 0.0851. The lowest BCUT2D eigenvalue weighted by Gasteiger charge is -2.34. The average molecular weight is 671 g/mol. The number of benzene rings is 5. The van der Waals surface area contributed by atoms with E-state index in [0.717, 1.165) is 88.5 Å². The van der Waals surface area contributed by atoms with E-state index in [1.165, 1.54) is 10.9 Å². The minimum Gasteiger partial charge on any atom is -0.381 e. The number of rotatable bonds is 11. The van der Waals surface area contributed by atoms with Crippen LogP contribution in [0.5, 0.6) is 0 Å². The lowest BCUT2D eigenvalue weighted by atomic mass is 10.0. The molecule has 1 aromatic heterocycles. The fourth-order valence-corrected chi connectivity index (χ4v) is 7.15. The van der Waals surface area contributed by atoms with Crippen molar-refractivity contribution < 1.29 is 4.79 Å². The van der Waals surface area contributed by atoms with E-state index < -0.39 is 0 Å². The van der Waals surface area contributed by atoms with Gasteiger partial charge in [-0.2, -0.15) is 0 Å². The molecule has 8 heteroatoms. The predicted octanol–water partition coefficient (Wildman–Crippen LogP) is 7.73. The van der Waals surface area contributed by atoms with E-state index in [-0.39, 0.29) is 5.91 Å². The number of halogens is 1. The van der Waals surface area contributed by atoms with Gasteiger partial charge in [0.2, 0.25) is 5.91 Å². The molecular weight excluding hydrogens is 628 g/mol. The van der Waals surface area contributed by atoms with Crippen molar-refractivity contribution in [1.82, 2.24) is 14.5 Å². The summed E-state index contributed by atoms with van der Waals surface area (Å²) in [6, 6.07) is 37.7. The smallest absolute Gasteiger partial charge is 0.241 e. The maximum Gasteiger partial charge on any atom is 0.241 e. The summed E-state index contributed by atoms with van der Waals surface area (Å²) >= 11 is 6.40. The van der Waals surface area contributed by atoms with Crippen LogP contribution in [0.1, 0.15) is 35.4 Å². The second kappa shape index (κ2) is 14.8. The van der Waals surface area contributed by atoms with Crippen LogP contribution in [0.2, 0.25) is 5.02 Å². The second-order valence-electron chi connectivity index (χ2n) is 13.1. The van der Waals surface area contributed by atoms with Crippen LogP contribution in [0.15, 0.2) is 109 Å². The fourth-order valence-electron chi connectivity index (χ4n) is 6.96. The number of fused-ring (bicyclic) bond motifs is 2. The standard InChI is InChI=1S/C41H43ClN6O/c1-46-39-19-18-34(25-38(39)45-40(46)20-17-29-13-15-30(26-43)16-14-29)48(27-32-9-6-8-31-7-2-3-10-35(31)32)41(49)28-47-23-21-33(22-24-47)44-37-12-5-4-11-36(37)42/h2-16,18-19,25,33,44H,17,20-24,26-28,43H2,1H3. The number of aryl methyl sites for hydroxylation is 3. The lowest BCUT2D eigenvalue weighted by Crippen LogP contribution is -2.45. The number of para-hydroxylation sites is 1. The Labute approximate surface area is 293 Å². The third-order valence-corrected chi connectivity index (χ3v) is 10.2. The Kier molecular flexibility index (Phi) is 9.94. The van der Waals surface area contributed by atoms with Crippen LogP contribution < -0.4 is 16.0 Å². The van der Waals surface area contributed by atoms with Crippen LogP contribution >= 0.6 is 11.6 Å². The second-order valence-corrected chi connectivity index (χ2v) is 13.5. The normalized spacial score (nSPS) is 14.0. The van der Waals surface area contributed by atoms with Crippen LogP contribution in [0.25, 0.3) is 21.8 Å². The maximum atomic E-state index is 14.3. The van der Waals surface area contributed by atoms with E-state index >= 15 is 0 Å². The topological polar surface area (TPSA) is 79.4 Å². The fraction of sp³-hybridized carbons (Fsp3) is 0.268. The highest BCUT2D eigenvalue weighted by Gasteiger charge is 2.25. The number of aromatic nitrogens is 2. The van der Waals surface area contributed by atoms with Crippen molar-refractivity contribution in [1.29, 1.82) is 0 Å².